The Kier molecular flexibility index (Phi) is 4.62. The molecule has 2 nitrogen and oxygen atoms in total. The van der Waals surface area contributed by atoms with Gasteiger partial charge in [-0.25, -0.2) is 0 Å². The average Bonchev–Trinajstić information content (AvgIpc) is 2.17. The highest BCUT2D eigenvalue weighted by Gasteiger charge is 1.99. The van der Waals surface area contributed by atoms with Gasteiger partial charge < -0.3 is 10.6 Å². The first-order valence-corrected chi connectivity index (χ1v) is 5.38. The maximum atomic E-state index is 4.76. The van der Waals surface area contributed by atoms with E-state index < -0.39 is 0 Å². The van der Waals surface area contributed by atoms with Crippen LogP contribution in [0.5, 0.6) is 0 Å². The summed E-state index contributed by atoms with van der Waals surface area (Å²) in [5, 5.41) is 5.96. The maximum Gasteiger partial charge on any atom is 0.0659 e. The third-order valence-electron chi connectivity index (χ3n) is 1.64. The molecule has 0 aliphatic carbocycles. The van der Waals surface area contributed by atoms with E-state index in [9.17, 15) is 0 Å². The summed E-state index contributed by atoms with van der Waals surface area (Å²) in [6.45, 7) is 0. The fraction of sp³-hybridized carbons (Fsp3) is 0.100. The van der Waals surface area contributed by atoms with Crippen LogP contribution >= 0.6 is 28.1 Å². The Balaban J connectivity index is 2.98. The molecule has 0 spiro atoms. The largest absolute Gasteiger partial charge is 0.392 e. The van der Waals surface area contributed by atoms with Gasteiger partial charge in [0.1, 0.15) is 0 Å². The van der Waals surface area contributed by atoms with Crippen LogP contribution in [0, 0.1) is 0 Å². The summed E-state index contributed by atoms with van der Waals surface area (Å²) in [7, 11) is 1.85. The van der Waals surface area contributed by atoms with Crippen molar-refractivity contribution in [2.45, 2.75) is 0 Å². The standard InChI is InChI=1S/C10H11BrN2S/c1-12-6-10(13-7-14)8-3-2-4-9(11)5-8/h2-7,12H,1H3,(H,13,14)/b10-6-. The van der Waals surface area contributed by atoms with Gasteiger partial charge in [0.2, 0.25) is 0 Å². The van der Waals surface area contributed by atoms with E-state index in [2.05, 4.69) is 26.6 Å². The lowest BCUT2D eigenvalue weighted by molar-refractivity contribution is 1.09. The highest BCUT2D eigenvalue weighted by molar-refractivity contribution is 9.10. The van der Waals surface area contributed by atoms with E-state index in [1.165, 1.54) is 5.49 Å². The second kappa shape index (κ2) is 5.78. The molecule has 0 amide bonds. The minimum absolute atomic E-state index is 0.948. The van der Waals surface area contributed by atoms with Crippen LogP contribution in [0.15, 0.2) is 34.9 Å². The Hall–Kier alpha value is -0.870. The first-order valence-electron chi connectivity index (χ1n) is 4.11. The summed E-state index contributed by atoms with van der Waals surface area (Å²) in [5.74, 6) is 0. The number of benzene rings is 1. The summed E-state index contributed by atoms with van der Waals surface area (Å²) < 4.78 is 1.04. The number of nitrogens with one attached hydrogen (secondary N) is 2. The number of halogens is 1. The van der Waals surface area contributed by atoms with Gasteiger partial charge in [-0.15, -0.1) is 0 Å². The molecule has 1 aromatic carbocycles. The van der Waals surface area contributed by atoms with Crippen molar-refractivity contribution >= 4 is 39.3 Å². The Bertz CT molecular complexity index is 350. The fourth-order valence-electron chi connectivity index (χ4n) is 1.07. The molecule has 0 atom stereocenters. The molecule has 2 N–H and O–H groups in total. The molecule has 4 heteroatoms. The highest BCUT2D eigenvalue weighted by Crippen LogP contribution is 2.16. The molecule has 14 heavy (non-hydrogen) atoms. The summed E-state index contributed by atoms with van der Waals surface area (Å²) in [5.41, 5.74) is 3.52. The third-order valence-corrected chi connectivity index (χ3v) is 2.25. The van der Waals surface area contributed by atoms with Gasteiger partial charge in [0, 0.05) is 23.3 Å². The predicted octanol–water partition coefficient (Wildman–Crippen LogP) is 2.51. The van der Waals surface area contributed by atoms with Crippen molar-refractivity contribution in [1.82, 2.24) is 10.6 Å². The minimum Gasteiger partial charge on any atom is -0.392 e. The van der Waals surface area contributed by atoms with Gasteiger partial charge in [0.15, 0.2) is 0 Å². The summed E-state index contributed by atoms with van der Waals surface area (Å²) in [6.07, 6.45) is 1.87. The monoisotopic (exact) mass is 270 g/mol. The Morgan fingerprint density at radius 2 is 2.29 bits per heavy atom. The molecule has 0 aliphatic heterocycles. The average molecular weight is 271 g/mol. The highest BCUT2D eigenvalue weighted by atomic mass is 79.9. The molecule has 74 valence electrons. The van der Waals surface area contributed by atoms with Crippen LogP contribution < -0.4 is 10.6 Å². The number of hydrogen-bond donors (Lipinski definition) is 2. The van der Waals surface area contributed by atoms with E-state index in [0.29, 0.717) is 0 Å². The molecule has 0 radical (unpaired) electrons. The van der Waals surface area contributed by atoms with Crippen LogP contribution in [-0.2, 0) is 0 Å². The molecule has 1 rings (SSSR count). The van der Waals surface area contributed by atoms with Crippen molar-refractivity contribution in [3.63, 3.8) is 0 Å². The Morgan fingerprint density at radius 3 is 2.86 bits per heavy atom. The topological polar surface area (TPSA) is 24.1 Å². The van der Waals surface area contributed by atoms with Crippen LogP contribution in [0.3, 0.4) is 0 Å². The van der Waals surface area contributed by atoms with Crippen LogP contribution in [-0.4, -0.2) is 12.5 Å². The lowest BCUT2D eigenvalue weighted by Crippen LogP contribution is -2.11. The van der Waals surface area contributed by atoms with E-state index in [0.717, 1.165) is 15.7 Å². The van der Waals surface area contributed by atoms with Crippen LogP contribution in [0.1, 0.15) is 5.56 Å². The summed E-state index contributed by atoms with van der Waals surface area (Å²) in [6, 6.07) is 8.00. The van der Waals surface area contributed by atoms with Gasteiger partial charge in [0.25, 0.3) is 0 Å². The zero-order chi connectivity index (χ0) is 10.4. The molecule has 0 saturated heterocycles. The van der Waals surface area contributed by atoms with Crippen LogP contribution in [0.4, 0.5) is 0 Å². The second-order valence-corrected chi connectivity index (χ2v) is 3.77. The van der Waals surface area contributed by atoms with Crippen molar-refractivity contribution in [1.29, 1.82) is 0 Å². The molecule has 0 fully saturated rings. The van der Waals surface area contributed by atoms with Crippen molar-refractivity contribution in [3.05, 3.63) is 40.5 Å². The lowest BCUT2D eigenvalue weighted by atomic mass is 10.2. The molecule has 0 heterocycles. The van der Waals surface area contributed by atoms with E-state index in [1.54, 1.807) is 0 Å². The molecule has 0 aromatic heterocycles. The molecule has 0 unspecified atom stereocenters. The molecule has 1 aromatic rings. The molecule has 0 aliphatic rings. The van der Waals surface area contributed by atoms with Crippen molar-refractivity contribution in [3.8, 4) is 0 Å². The normalized spacial score (nSPS) is 10.9. The molecule has 0 bridgehead atoms. The van der Waals surface area contributed by atoms with Crippen LogP contribution in [0.2, 0.25) is 0 Å². The third kappa shape index (κ3) is 3.12. The summed E-state index contributed by atoms with van der Waals surface area (Å²) >= 11 is 8.18. The zero-order valence-electron chi connectivity index (χ0n) is 7.75. The molecule has 0 saturated carbocycles. The number of thiocarbonyl (C=S) groups is 1. The fourth-order valence-corrected chi connectivity index (χ4v) is 1.60. The second-order valence-electron chi connectivity index (χ2n) is 2.62. The number of hydrogen-bond acceptors (Lipinski definition) is 2. The number of rotatable bonds is 4. The first kappa shape index (κ1) is 11.2. The summed E-state index contributed by atoms with van der Waals surface area (Å²) in [4.78, 5) is 0. The molecular formula is C10H11BrN2S. The van der Waals surface area contributed by atoms with Gasteiger partial charge in [-0.05, 0) is 12.1 Å². The van der Waals surface area contributed by atoms with Crippen molar-refractivity contribution < 1.29 is 0 Å². The molecular weight excluding hydrogens is 260 g/mol. The maximum absolute atomic E-state index is 4.76. The predicted molar refractivity (Wildman–Crippen MR) is 68.0 cm³/mol. The van der Waals surface area contributed by atoms with Crippen molar-refractivity contribution in [2.24, 2.45) is 0 Å². The van der Waals surface area contributed by atoms with Crippen LogP contribution in [0.25, 0.3) is 5.70 Å². The SMILES string of the molecule is CN/C=C(\NC=S)c1cccc(Br)c1. The van der Waals surface area contributed by atoms with Gasteiger partial charge in [-0.2, -0.15) is 0 Å². The van der Waals surface area contributed by atoms with E-state index in [-0.39, 0.29) is 0 Å². The minimum atomic E-state index is 0.948. The smallest absolute Gasteiger partial charge is 0.0659 e. The van der Waals surface area contributed by atoms with E-state index >= 15 is 0 Å². The van der Waals surface area contributed by atoms with Crippen molar-refractivity contribution in [2.75, 3.05) is 7.05 Å². The van der Waals surface area contributed by atoms with Gasteiger partial charge in [-0.3, -0.25) is 0 Å². The van der Waals surface area contributed by atoms with Gasteiger partial charge in [0.05, 0.1) is 11.2 Å². The zero-order valence-corrected chi connectivity index (χ0v) is 10.2. The quantitative estimate of drug-likeness (QED) is 0.823. The van der Waals surface area contributed by atoms with E-state index in [1.807, 2.05) is 37.5 Å². The first-order chi connectivity index (χ1) is 6.77. The Morgan fingerprint density at radius 1 is 1.50 bits per heavy atom. The lowest BCUT2D eigenvalue weighted by Gasteiger charge is -2.07. The Labute approximate surface area is 97.5 Å². The van der Waals surface area contributed by atoms with Gasteiger partial charge >= 0.3 is 0 Å². The van der Waals surface area contributed by atoms with E-state index in [4.69, 9.17) is 12.2 Å². The van der Waals surface area contributed by atoms with Gasteiger partial charge in [-0.1, -0.05) is 40.3 Å².